The monoisotopic (exact) mass is 299 g/mol. The summed E-state index contributed by atoms with van der Waals surface area (Å²) in [6.07, 6.45) is 6.90. The molecule has 0 aliphatic rings. The van der Waals surface area contributed by atoms with Gasteiger partial charge in [0.25, 0.3) is 5.91 Å². The molecule has 0 bridgehead atoms. The van der Waals surface area contributed by atoms with E-state index in [2.05, 4.69) is 20.3 Å². The van der Waals surface area contributed by atoms with E-state index in [4.69, 9.17) is 0 Å². The van der Waals surface area contributed by atoms with Gasteiger partial charge in [0.1, 0.15) is 17.8 Å². The van der Waals surface area contributed by atoms with Crippen molar-refractivity contribution >= 4 is 17.2 Å². The van der Waals surface area contributed by atoms with Crippen LogP contribution in [0.25, 0.3) is 5.82 Å². The van der Waals surface area contributed by atoms with Crippen LogP contribution in [0.4, 0.5) is 0 Å². The number of hydrogen-bond donors (Lipinski definition) is 1. The SMILES string of the molecule is Cc1nc(C(=O)NCc2cccnc2-n2ccnc2)cs1. The number of nitrogens with zero attached hydrogens (tertiary/aromatic N) is 4. The minimum atomic E-state index is -0.181. The number of pyridine rings is 1. The molecular weight excluding hydrogens is 286 g/mol. The highest BCUT2D eigenvalue weighted by molar-refractivity contribution is 7.09. The smallest absolute Gasteiger partial charge is 0.271 e. The second-order valence-electron chi connectivity index (χ2n) is 4.39. The molecule has 0 fully saturated rings. The van der Waals surface area contributed by atoms with Crippen LogP contribution in [0.2, 0.25) is 0 Å². The van der Waals surface area contributed by atoms with Gasteiger partial charge in [-0.25, -0.2) is 15.0 Å². The number of carbonyl (C=O) groups excluding carboxylic acids is 1. The van der Waals surface area contributed by atoms with Crippen molar-refractivity contribution in [2.24, 2.45) is 0 Å². The van der Waals surface area contributed by atoms with Gasteiger partial charge < -0.3 is 5.32 Å². The van der Waals surface area contributed by atoms with Crippen LogP contribution in [-0.2, 0) is 6.54 Å². The molecule has 3 rings (SSSR count). The van der Waals surface area contributed by atoms with Gasteiger partial charge in [0.2, 0.25) is 0 Å². The summed E-state index contributed by atoms with van der Waals surface area (Å²) in [4.78, 5) is 24.5. The Kier molecular flexibility index (Phi) is 3.74. The zero-order chi connectivity index (χ0) is 14.7. The van der Waals surface area contributed by atoms with E-state index in [-0.39, 0.29) is 5.91 Å². The third-order valence-electron chi connectivity index (χ3n) is 2.91. The third-order valence-corrected chi connectivity index (χ3v) is 3.68. The summed E-state index contributed by atoms with van der Waals surface area (Å²) >= 11 is 1.46. The molecule has 1 N–H and O–H groups in total. The molecule has 0 aliphatic heterocycles. The van der Waals surface area contributed by atoms with Gasteiger partial charge in [-0.15, -0.1) is 11.3 Å². The molecule has 6 nitrogen and oxygen atoms in total. The highest BCUT2D eigenvalue weighted by Gasteiger charge is 2.11. The van der Waals surface area contributed by atoms with Gasteiger partial charge in [-0.3, -0.25) is 9.36 Å². The molecule has 0 aliphatic carbocycles. The number of aromatic nitrogens is 4. The van der Waals surface area contributed by atoms with E-state index < -0.39 is 0 Å². The summed E-state index contributed by atoms with van der Waals surface area (Å²) in [5.41, 5.74) is 1.36. The minimum Gasteiger partial charge on any atom is -0.346 e. The molecule has 0 saturated heterocycles. The van der Waals surface area contributed by atoms with E-state index in [1.54, 1.807) is 24.1 Å². The molecule has 1 amide bonds. The molecule has 0 aromatic carbocycles. The first-order chi connectivity index (χ1) is 10.2. The van der Waals surface area contributed by atoms with E-state index in [0.717, 1.165) is 16.4 Å². The first-order valence-corrected chi connectivity index (χ1v) is 7.24. The number of imidazole rings is 1. The number of nitrogens with one attached hydrogen (secondary N) is 1. The zero-order valence-corrected chi connectivity index (χ0v) is 12.2. The lowest BCUT2D eigenvalue weighted by atomic mass is 10.2. The van der Waals surface area contributed by atoms with Gasteiger partial charge in [0.15, 0.2) is 0 Å². The number of aryl methyl sites for hydroxylation is 1. The number of rotatable bonds is 4. The topological polar surface area (TPSA) is 72.7 Å². The third kappa shape index (κ3) is 2.97. The van der Waals surface area contributed by atoms with Crippen LogP contribution in [0.1, 0.15) is 21.1 Å². The molecule has 0 unspecified atom stereocenters. The van der Waals surface area contributed by atoms with Crippen molar-refractivity contribution in [1.29, 1.82) is 0 Å². The maximum Gasteiger partial charge on any atom is 0.271 e. The van der Waals surface area contributed by atoms with Crippen LogP contribution in [0.3, 0.4) is 0 Å². The fourth-order valence-corrected chi connectivity index (χ4v) is 2.51. The van der Waals surface area contributed by atoms with Gasteiger partial charge in [0, 0.05) is 36.1 Å². The summed E-state index contributed by atoms with van der Waals surface area (Å²) < 4.78 is 1.81. The predicted molar refractivity (Wildman–Crippen MR) is 79.4 cm³/mol. The summed E-state index contributed by atoms with van der Waals surface area (Å²) in [6, 6.07) is 3.77. The molecule has 0 radical (unpaired) electrons. The maximum atomic E-state index is 12.0. The highest BCUT2D eigenvalue weighted by atomic mass is 32.1. The summed E-state index contributed by atoms with van der Waals surface area (Å²) in [7, 11) is 0. The lowest BCUT2D eigenvalue weighted by Gasteiger charge is -2.09. The first-order valence-electron chi connectivity index (χ1n) is 6.36. The van der Waals surface area contributed by atoms with Crippen LogP contribution in [-0.4, -0.2) is 25.4 Å². The van der Waals surface area contributed by atoms with E-state index >= 15 is 0 Å². The van der Waals surface area contributed by atoms with E-state index in [1.165, 1.54) is 11.3 Å². The standard InChI is InChI=1S/C14H13N5OS/c1-10-18-12(8-21-10)14(20)17-7-11-3-2-4-16-13(11)19-6-5-15-9-19/h2-6,8-9H,7H2,1H3,(H,17,20). The highest BCUT2D eigenvalue weighted by Crippen LogP contribution is 2.12. The molecule has 3 aromatic heterocycles. The number of hydrogen-bond acceptors (Lipinski definition) is 5. The quantitative estimate of drug-likeness (QED) is 0.799. The average molecular weight is 299 g/mol. The van der Waals surface area contributed by atoms with E-state index in [0.29, 0.717) is 12.2 Å². The van der Waals surface area contributed by atoms with Crippen molar-refractivity contribution in [2.75, 3.05) is 0 Å². The van der Waals surface area contributed by atoms with Crippen LogP contribution < -0.4 is 5.32 Å². The summed E-state index contributed by atoms with van der Waals surface area (Å²) in [5, 5.41) is 5.49. The number of carbonyl (C=O) groups is 1. The van der Waals surface area contributed by atoms with Crippen molar-refractivity contribution in [3.8, 4) is 5.82 Å². The molecule has 3 aromatic rings. The Labute approximate surface area is 125 Å². The van der Waals surface area contributed by atoms with Crippen LogP contribution in [0.5, 0.6) is 0 Å². The predicted octanol–water partition coefficient (Wildman–Crippen LogP) is 1.96. The summed E-state index contributed by atoms with van der Waals surface area (Å²) in [5.74, 6) is 0.574. The van der Waals surface area contributed by atoms with Gasteiger partial charge >= 0.3 is 0 Å². The molecule has 0 saturated carbocycles. The van der Waals surface area contributed by atoms with Crippen LogP contribution in [0.15, 0.2) is 42.4 Å². The first kappa shape index (κ1) is 13.4. The maximum absolute atomic E-state index is 12.0. The minimum absolute atomic E-state index is 0.181. The Morgan fingerprint density at radius 2 is 2.33 bits per heavy atom. The molecule has 0 spiro atoms. The molecule has 0 atom stereocenters. The molecular formula is C14H13N5OS. The number of amides is 1. The zero-order valence-electron chi connectivity index (χ0n) is 11.4. The van der Waals surface area contributed by atoms with Crippen molar-refractivity contribution in [3.63, 3.8) is 0 Å². The lowest BCUT2D eigenvalue weighted by Crippen LogP contribution is -2.24. The molecule has 7 heteroatoms. The number of thiazole rings is 1. The Bertz CT molecular complexity index is 750. The normalized spacial score (nSPS) is 10.5. The Hall–Kier alpha value is -2.54. The van der Waals surface area contributed by atoms with Gasteiger partial charge in [-0.05, 0) is 13.0 Å². The largest absolute Gasteiger partial charge is 0.346 e. The summed E-state index contributed by atoms with van der Waals surface area (Å²) in [6.45, 7) is 2.26. The fraction of sp³-hybridized carbons (Fsp3) is 0.143. The Balaban J connectivity index is 1.75. The molecule has 3 heterocycles. The molecule has 106 valence electrons. The Morgan fingerprint density at radius 1 is 1.43 bits per heavy atom. The molecule has 21 heavy (non-hydrogen) atoms. The van der Waals surface area contributed by atoms with Crippen molar-refractivity contribution in [1.82, 2.24) is 24.8 Å². The van der Waals surface area contributed by atoms with Gasteiger partial charge in [0.05, 0.1) is 5.01 Å². The van der Waals surface area contributed by atoms with Gasteiger partial charge in [-0.1, -0.05) is 6.07 Å². The second kappa shape index (κ2) is 5.84. The van der Waals surface area contributed by atoms with Crippen molar-refractivity contribution in [2.45, 2.75) is 13.5 Å². The van der Waals surface area contributed by atoms with Gasteiger partial charge in [-0.2, -0.15) is 0 Å². The van der Waals surface area contributed by atoms with Crippen molar-refractivity contribution in [3.05, 3.63) is 58.7 Å². The Morgan fingerprint density at radius 3 is 3.05 bits per heavy atom. The fourth-order valence-electron chi connectivity index (χ4n) is 1.92. The van der Waals surface area contributed by atoms with Crippen LogP contribution >= 0.6 is 11.3 Å². The average Bonchev–Trinajstić information content (AvgIpc) is 3.16. The lowest BCUT2D eigenvalue weighted by molar-refractivity contribution is 0.0946. The van der Waals surface area contributed by atoms with E-state index in [1.807, 2.05) is 29.8 Å². The van der Waals surface area contributed by atoms with Crippen LogP contribution in [0, 0.1) is 6.92 Å². The second-order valence-corrected chi connectivity index (χ2v) is 5.45. The van der Waals surface area contributed by atoms with E-state index in [9.17, 15) is 4.79 Å². The van der Waals surface area contributed by atoms with Crippen molar-refractivity contribution < 1.29 is 4.79 Å².